The number of amides is 1. The van der Waals surface area contributed by atoms with E-state index in [4.69, 9.17) is 0 Å². The van der Waals surface area contributed by atoms with E-state index in [1.165, 1.54) is 6.42 Å². The first kappa shape index (κ1) is 22.8. The molecule has 1 aromatic rings. The zero-order chi connectivity index (χ0) is 15.8. The molecular weight excluding hydrogens is 238 g/mol. The van der Waals surface area contributed by atoms with Gasteiger partial charge in [-0.15, -0.1) is 0 Å². The predicted molar refractivity (Wildman–Crippen MR) is 85.6 cm³/mol. The molecule has 0 unspecified atom stereocenters. The number of hydrogen-bond donors (Lipinski definition) is 1. The molecule has 1 rings (SSSR count). The maximum absolute atomic E-state index is 10.2. The third-order valence-corrected chi connectivity index (χ3v) is 1.70. The second-order valence-corrected chi connectivity index (χ2v) is 3.70. The van der Waals surface area contributed by atoms with E-state index in [0.29, 0.717) is 12.3 Å². The van der Waals surface area contributed by atoms with Crippen molar-refractivity contribution in [2.24, 2.45) is 7.05 Å². The highest BCUT2D eigenvalue weighted by Gasteiger charge is 2.06. The molecule has 19 heavy (non-hydrogen) atoms. The Bertz CT molecular complexity index is 294. The highest BCUT2D eigenvalue weighted by Crippen LogP contribution is 2.16. The van der Waals surface area contributed by atoms with E-state index in [1.54, 1.807) is 11.7 Å². The van der Waals surface area contributed by atoms with Crippen LogP contribution >= 0.6 is 0 Å². The Hall–Kier alpha value is -1.32. The summed E-state index contributed by atoms with van der Waals surface area (Å²) in [6.07, 6.45) is 1.90. The van der Waals surface area contributed by atoms with Crippen molar-refractivity contribution in [1.82, 2.24) is 9.78 Å². The Balaban J connectivity index is -0.000000313. The van der Waals surface area contributed by atoms with Crippen LogP contribution < -0.4 is 5.32 Å². The lowest BCUT2D eigenvalue weighted by molar-refractivity contribution is -0.105. The summed E-state index contributed by atoms with van der Waals surface area (Å²) in [5.41, 5.74) is 0.988. The molecule has 0 aromatic carbocycles. The van der Waals surface area contributed by atoms with Crippen LogP contribution in [0.2, 0.25) is 0 Å². The van der Waals surface area contributed by atoms with E-state index in [1.807, 2.05) is 33.8 Å². The summed E-state index contributed by atoms with van der Waals surface area (Å²) < 4.78 is 1.66. The number of nitrogens with zero attached hydrogens (tertiary/aromatic N) is 2. The molecule has 0 bridgehead atoms. The molecule has 0 saturated heterocycles. The fraction of sp³-hybridized carbons (Fsp3) is 0.733. The van der Waals surface area contributed by atoms with Gasteiger partial charge in [0.1, 0.15) is 5.82 Å². The highest BCUT2D eigenvalue weighted by molar-refractivity contribution is 5.69. The van der Waals surface area contributed by atoms with Crippen molar-refractivity contribution in [3.63, 3.8) is 0 Å². The molecule has 0 fully saturated rings. The van der Waals surface area contributed by atoms with Gasteiger partial charge in [-0.2, -0.15) is 5.10 Å². The standard InChI is InChI=1S/C8H13N3O.C3H8.2C2H6/c1-6(2)7-4-8(9-5-12)11(3)10-7;1-3-2;2*1-2/h4-6H,1-3H3,(H,9,12);3H2,1-2H3;2*1-2H3. The first-order chi connectivity index (χ1) is 9.06. The number of nitrogens with one attached hydrogen (secondary N) is 1. The fourth-order valence-corrected chi connectivity index (χ4v) is 0.967. The topological polar surface area (TPSA) is 46.9 Å². The van der Waals surface area contributed by atoms with Crippen LogP contribution in [0.25, 0.3) is 0 Å². The third-order valence-electron chi connectivity index (χ3n) is 1.70. The molecule has 1 N–H and O–H groups in total. The summed E-state index contributed by atoms with van der Waals surface area (Å²) in [6, 6.07) is 1.87. The van der Waals surface area contributed by atoms with Crippen LogP contribution in [0.1, 0.15) is 73.4 Å². The van der Waals surface area contributed by atoms with E-state index in [-0.39, 0.29) is 0 Å². The van der Waals surface area contributed by atoms with E-state index in [9.17, 15) is 4.79 Å². The molecule has 0 saturated carbocycles. The normalized spacial score (nSPS) is 8.11. The Labute approximate surface area is 119 Å². The number of carbonyl (C=O) groups excluding carboxylic acids is 1. The van der Waals surface area contributed by atoms with Gasteiger partial charge in [-0.1, -0.05) is 61.8 Å². The number of aryl methyl sites for hydroxylation is 1. The highest BCUT2D eigenvalue weighted by atomic mass is 16.1. The van der Waals surface area contributed by atoms with Crippen molar-refractivity contribution in [3.8, 4) is 0 Å². The van der Waals surface area contributed by atoms with Crippen molar-refractivity contribution < 1.29 is 4.79 Å². The van der Waals surface area contributed by atoms with Crippen LogP contribution in [0.4, 0.5) is 5.82 Å². The zero-order valence-corrected chi connectivity index (χ0v) is 14.2. The van der Waals surface area contributed by atoms with Gasteiger partial charge in [0.25, 0.3) is 0 Å². The van der Waals surface area contributed by atoms with Gasteiger partial charge in [-0.3, -0.25) is 9.48 Å². The molecule has 4 nitrogen and oxygen atoms in total. The summed E-state index contributed by atoms with van der Waals surface area (Å²) in [5.74, 6) is 1.12. The van der Waals surface area contributed by atoms with Crippen molar-refractivity contribution in [2.75, 3.05) is 5.32 Å². The predicted octanol–water partition coefficient (Wildman–Crippen LogP) is 4.58. The molecule has 4 heteroatoms. The quantitative estimate of drug-likeness (QED) is 0.818. The van der Waals surface area contributed by atoms with Gasteiger partial charge >= 0.3 is 0 Å². The van der Waals surface area contributed by atoms with Crippen molar-refractivity contribution in [3.05, 3.63) is 11.8 Å². The molecule has 114 valence electrons. The molecule has 0 aliphatic rings. The molecular formula is C15H33N3O. The summed E-state index contributed by atoms with van der Waals surface area (Å²) in [7, 11) is 1.80. The van der Waals surface area contributed by atoms with Crippen LogP contribution in [-0.4, -0.2) is 16.2 Å². The van der Waals surface area contributed by atoms with Crippen LogP contribution in [0.15, 0.2) is 6.07 Å². The maximum Gasteiger partial charge on any atom is 0.212 e. The molecule has 0 aliphatic carbocycles. The lowest BCUT2D eigenvalue weighted by Gasteiger charge is -1.95. The first-order valence-corrected chi connectivity index (χ1v) is 7.30. The molecule has 1 amide bonds. The van der Waals surface area contributed by atoms with Crippen molar-refractivity contribution in [2.45, 2.75) is 67.7 Å². The second-order valence-electron chi connectivity index (χ2n) is 3.70. The van der Waals surface area contributed by atoms with Gasteiger partial charge in [0.15, 0.2) is 0 Å². The van der Waals surface area contributed by atoms with E-state index in [0.717, 1.165) is 11.5 Å². The van der Waals surface area contributed by atoms with Gasteiger partial charge in [0.2, 0.25) is 6.41 Å². The number of carbonyl (C=O) groups is 1. The summed E-state index contributed by atoms with van der Waals surface area (Å²) in [6.45, 7) is 16.4. The molecule has 0 aliphatic heterocycles. The molecule has 0 atom stereocenters. The molecule has 0 spiro atoms. The summed E-state index contributed by atoms with van der Waals surface area (Å²) in [5, 5.41) is 6.80. The Morgan fingerprint density at radius 3 is 1.95 bits per heavy atom. The Morgan fingerprint density at radius 1 is 1.26 bits per heavy atom. The average Bonchev–Trinajstić information content (AvgIpc) is 2.78. The van der Waals surface area contributed by atoms with E-state index < -0.39 is 0 Å². The maximum atomic E-state index is 10.2. The van der Waals surface area contributed by atoms with Gasteiger partial charge in [0, 0.05) is 13.1 Å². The van der Waals surface area contributed by atoms with Crippen LogP contribution in [0.5, 0.6) is 0 Å². The minimum atomic E-state index is 0.387. The number of anilines is 1. The van der Waals surface area contributed by atoms with Gasteiger partial charge in [-0.25, -0.2) is 0 Å². The number of aromatic nitrogens is 2. The van der Waals surface area contributed by atoms with Crippen molar-refractivity contribution >= 4 is 12.2 Å². The fourth-order valence-electron chi connectivity index (χ4n) is 0.967. The Morgan fingerprint density at radius 2 is 1.68 bits per heavy atom. The summed E-state index contributed by atoms with van der Waals surface area (Å²) >= 11 is 0. The number of hydrogen-bond acceptors (Lipinski definition) is 2. The van der Waals surface area contributed by atoms with Crippen LogP contribution in [0, 0.1) is 0 Å². The largest absolute Gasteiger partial charge is 0.314 e. The van der Waals surface area contributed by atoms with Crippen LogP contribution in [-0.2, 0) is 11.8 Å². The second kappa shape index (κ2) is 16.7. The van der Waals surface area contributed by atoms with Gasteiger partial charge < -0.3 is 5.32 Å². The lowest BCUT2D eigenvalue weighted by Crippen LogP contribution is -2.01. The van der Waals surface area contributed by atoms with Gasteiger partial charge in [0.05, 0.1) is 5.69 Å². The SMILES string of the molecule is CC.CC.CC(C)c1cc(NC=O)n(C)n1.CCC. The zero-order valence-electron chi connectivity index (χ0n) is 14.2. The smallest absolute Gasteiger partial charge is 0.212 e. The number of rotatable bonds is 3. The summed E-state index contributed by atoms with van der Waals surface area (Å²) in [4.78, 5) is 10.2. The monoisotopic (exact) mass is 271 g/mol. The minimum Gasteiger partial charge on any atom is -0.314 e. The Kier molecular flexibility index (Phi) is 20.0. The van der Waals surface area contributed by atoms with Crippen LogP contribution in [0.3, 0.4) is 0 Å². The van der Waals surface area contributed by atoms with Gasteiger partial charge in [-0.05, 0) is 5.92 Å². The average molecular weight is 271 g/mol. The first-order valence-electron chi connectivity index (χ1n) is 7.30. The molecule has 1 heterocycles. The molecule has 1 aromatic heterocycles. The molecule has 0 radical (unpaired) electrons. The van der Waals surface area contributed by atoms with E-state index in [2.05, 4.69) is 38.1 Å². The lowest BCUT2D eigenvalue weighted by atomic mass is 10.1. The van der Waals surface area contributed by atoms with E-state index >= 15 is 0 Å². The van der Waals surface area contributed by atoms with Crippen molar-refractivity contribution in [1.29, 1.82) is 0 Å². The third kappa shape index (κ3) is 11.5. The minimum absolute atomic E-state index is 0.387.